The number of nitrogens with one attached hydrogen (secondary N) is 1. The second-order valence-corrected chi connectivity index (χ2v) is 7.49. The summed E-state index contributed by atoms with van der Waals surface area (Å²) < 4.78 is 0. The summed E-state index contributed by atoms with van der Waals surface area (Å²) in [6.07, 6.45) is 3.68. The number of thiazole rings is 1. The first-order chi connectivity index (χ1) is 8.41. The molecule has 102 valence electrons. The molecule has 3 N–H and O–H groups in total. The van der Waals surface area contributed by atoms with Gasteiger partial charge < -0.3 is 0 Å². The number of hydrogen-bond acceptors (Lipinski definition) is 4. The summed E-state index contributed by atoms with van der Waals surface area (Å²) in [5.74, 6) is 7.23. The van der Waals surface area contributed by atoms with E-state index >= 15 is 0 Å². The van der Waals surface area contributed by atoms with E-state index in [1.54, 1.807) is 11.3 Å². The minimum absolute atomic E-state index is 0.141. The summed E-state index contributed by atoms with van der Waals surface area (Å²) in [7, 11) is 0. The highest BCUT2D eigenvalue weighted by atomic mass is 32.1. The van der Waals surface area contributed by atoms with E-state index in [-0.39, 0.29) is 5.41 Å². The van der Waals surface area contributed by atoms with Gasteiger partial charge in [-0.25, -0.2) is 4.98 Å². The van der Waals surface area contributed by atoms with Crippen molar-refractivity contribution in [3.05, 3.63) is 16.1 Å². The van der Waals surface area contributed by atoms with E-state index < -0.39 is 0 Å². The van der Waals surface area contributed by atoms with Gasteiger partial charge >= 0.3 is 0 Å². The minimum Gasteiger partial charge on any atom is -0.271 e. The zero-order valence-electron chi connectivity index (χ0n) is 11.9. The third-order valence-electron chi connectivity index (χ3n) is 3.93. The molecule has 2 atom stereocenters. The fourth-order valence-electron chi connectivity index (χ4n) is 2.28. The van der Waals surface area contributed by atoms with Crippen molar-refractivity contribution in [1.82, 2.24) is 10.4 Å². The van der Waals surface area contributed by atoms with Gasteiger partial charge in [-0.2, -0.15) is 0 Å². The molecular formula is C14H25N3S. The third-order valence-corrected chi connectivity index (χ3v) is 4.80. The Labute approximate surface area is 114 Å². The highest BCUT2D eigenvalue weighted by Crippen LogP contribution is 2.39. The van der Waals surface area contributed by atoms with Gasteiger partial charge in [0.2, 0.25) is 0 Å². The van der Waals surface area contributed by atoms with Gasteiger partial charge in [-0.15, -0.1) is 11.3 Å². The number of nitrogens with two attached hydrogens (primary N) is 1. The molecule has 1 aromatic heterocycles. The van der Waals surface area contributed by atoms with Crippen LogP contribution in [-0.2, 0) is 11.8 Å². The average Bonchev–Trinajstić information content (AvgIpc) is 3.03. The van der Waals surface area contributed by atoms with Crippen LogP contribution in [0.1, 0.15) is 51.2 Å². The van der Waals surface area contributed by atoms with Gasteiger partial charge in [-0.05, 0) is 24.7 Å². The first-order valence-corrected chi connectivity index (χ1v) is 7.71. The Kier molecular flexibility index (Phi) is 4.09. The van der Waals surface area contributed by atoms with Crippen LogP contribution in [-0.4, -0.2) is 11.0 Å². The topological polar surface area (TPSA) is 50.9 Å². The monoisotopic (exact) mass is 267 g/mol. The van der Waals surface area contributed by atoms with E-state index in [4.69, 9.17) is 10.8 Å². The average molecular weight is 267 g/mol. The third kappa shape index (κ3) is 3.31. The van der Waals surface area contributed by atoms with Crippen LogP contribution in [0.15, 0.2) is 5.38 Å². The van der Waals surface area contributed by atoms with Crippen molar-refractivity contribution in [1.29, 1.82) is 0 Å². The van der Waals surface area contributed by atoms with Crippen LogP contribution >= 0.6 is 11.3 Å². The summed E-state index contributed by atoms with van der Waals surface area (Å²) in [4.78, 5) is 4.75. The molecule has 0 amide bonds. The zero-order valence-corrected chi connectivity index (χ0v) is 12.7. The molecule has 0 saturated heterocycles. The van der Waals surface area contributed by atoms with E-state index in [0.29, 0.717) is 12.0 Å². The Morgan fingerprint density at radius 2 is 2.17 bits per heavy atom. The Morgan fingerprint density at radius 1 is 1.50 bits per heavy atom. The highest BCUT2D eigenvalue weighted by molar-refractivity contribution is 7.09. The molecule has 1 aliphatic carbocycles. The summed E-state index contributed by atoms with van der Waals surface area (Å²) >= 11 is 1.76. The van der Waals surface area contributed by atoms with Gasteiger partial charge in [0.15, 0.2) is 0 Å². The van der Waals surface area contributed by atoms with Crippen LogP contribution in [0.5, 0.6) is 0 Å². The molecule has 4 heteroatoms. The number of rotatable bonds is 5. The van der Waals surface area contributed by atoms with E-state index in [0.717, 1.165) is 12.3 Å². The highest BCUT2D eigenvalue weighted by Gasteiger charge is 2.33. The lowest BCUT2D eigenvalue weighted by atomic mass is 9.93. The molecule has 0 radical (unpaired) electrons. The first-order valence-electron chi connectivity index (χ1n) is 6.83. The molecule has 0 bridgehead atoms. The van der Waals surface area contributed by atoms with Crippen LogP contribution < -0.4 is 11.3 Å². The van der Waals surface area contributed by atoms with Crippen molar-refractivity contribution >= 4 is 11.3 Å². The largest absolute Gasteiger partial charge is 0.271 e. The normalized spacial score (nSPS) is 19.8. The summed E-state index contributed by atoms with van der Waals surface area (Å²) in [6.45, 7) is 8.92. The van der Waals surface area contributed by atoms with E-state index in [1.165, 1.54) is 23.5 Å². The SMILES string of the molecule is CC(C1CC1)C(Cc1nc(C(C)(C)C)cs1)NN. The maximum Gasteiger partial charge on any atom is 0.0944 e. The summed E-state index contributed by atoms with van der Waals surface area (Å²) in [6, 6.07) is 0.358. The van der Waals surface area contributed by atoms with Gasteiger partial charge in [-0.3, -0.25) is 11.3 Å². The molecule has 2 rings (SSSR count). The Balaban J connectivity index is 2.00. The molecule has 1 saturated carbocycles. The van der Waals surface area contributed by atoms with Crippen molar-refractivity contribution in [3.63, 3.8) is 0 Å². The van der Waals surface area contributed by atoms with Gasteiger partial charge in [0.25, 0.3) is 0 Å². The van der Waals surface area contributed by atoms with Crippen molar-refractivity contribution in [2.75, 3.05) is 0 Å². The molecule has 0 spiro atoms. The molecule has 3 nitrogen and oxygen atoms in total. The quantitative estimate of drug-likeness (QED) is 0.637. The standard InChI is InChI=1S/C14H25N3S/c1-9(10-5-6-10)11(17-15)7-13-16-12(8-18-13)14(2,3)4/h8-11,17H,5-7,15H2,1-4H3. The number of nitrogens with zero attached hydrogens (tertiary/aromatic N) is 1. The first kappa shape index (κ1) is 14.0. The number of hydrogen-bond donors (Lipinski definition) is 2. The van der Waals surface area contributed by atoms with Gasteiger partial charge in [0.05, 0.1) is 10.7 Å². The van der Waals surface area contributed by atoms with Crippen LogP contribution in [0, 0.1) is 11.8 Å². The summed E-state index contributed by atoms with van der Waals surface area (Å²) in [5, 5.41) is 3.39. The smallest absolute Gasteiger partial charge is 0.0944 e. The maximum atomic E-state index is 5.71. The van der Waals surface area contributed by atoms with Crippen molar-refractivity contribution < 1.29 is 0 Å². The van der Waals surface area contributed by atoms with Crippen molar-refractivity contribution in [3.8, 4) is 0 Å². The minimum atomic E-state index is 0.141. The maximum absolute atomic E-state index is 5.71. The predicted molar refractivity (Wildman–Crippen MR) is 77.5 cm³/mol. The van der Waals surface area contributed by atoms with Crippen LogP contribution in [0.4, 0.5) is 0 Å². The Morgan fingerprint density at radius 3 is 2.61 bits per heavy atom. The molecule has 0 aliphatic heterocycles. The molecule has 1 aromatic rings. The number of hydrazine groups is 1. The van der Waals surface area contributed by atoms with Crippen LogP contribution in [0.3, 0.4) is 0 Å². The van der Waals surface area contributed by atoms with Crippen molar-refractivity contribution in [2.24, 2.45) is 17.7 Å². The molecule has 1 heterocycles. The van der Waals surface area contributed by atoms with E-state index in [1.807, 2.05) is 0 Å². The fraction of sp³-hybridized carbons (Fsp3) is 0.786. The molecule has 18 heavy (non-hydrogen) atoms. The molecule has 1 fully saturated rings. The molecule has 1 aliphatic rings. The second-order valence-electron chi connectivity index (χ2n) is 6.55. The van der Waals surface area contributed by atoms with Gasteiger partial charge in [-0.1, -0.05) is 27.7 Å². The van der Waals surface area contributed by atoms with E-state index in [2.05, 4.69) is 38.5 Å². The Hall–Kier alpha value is -0.450. The predicted octanol–water partition coefficient (Wildman–Crippen LogP) is 2.86. The van der Waals surface area contributed by atoms with Crippen molar-refractivity contribution in [2.45, 2.75) is 58.4 Å². The second kappa shape index (κ2) is 5.27. The number of aromatic nitrogens is 1. The fourth-order valence-corrected chi connectivity index (χ4v) is 3.37. The van der Waals surface area contributed by atoms with Crippen LogP contribution in [0.2, 0.25) is 0 Å². The summed E-state index contributed by atoms with van der Waals surface area (Å²) in [5.41, 5.74) is 4.32. The lowest BCUT2D eigenvalue weighted by molar-refractivity contribution is 0.343. The van der Waals surface area contributed by atoms with Gasteiger partial charge in [0, 0.05) is 23.3 Å². The van der Waals surface area contributed by atoms with Gasteiger partial charge in [0.1, 0.15) is 0 Å². The Bertz CT molecular complexity index is 390. The zero-order chi connectivity index (χ0) is 13.3. The lowest BCUT2D eigenvalue weighted by Gasteiger charge is -2.22. The lowest BCUT2D eigenvalue weighted by Crippen LogP contribution is -2.42. The molecule has 2 unspecified atom stereocenters. The molecular weight excluding hydrogens is 242 g/mol. The van der Waals surface area contributed by atoms with E-state index in [9.17, 15) is 0 Å². The van der Waals surface area contributed by atoms with Crippen LogP contribution in [0.25, 0.3) is 0 Å². The molecule has 0 aromatic carbocycles.